The molecule has 0 fully saturated rings. The molecule has 2 aromatic rings. The number of amides is 1. The lowest BCUT2D eigenvalue weighted by molar-refractivity contribution is -0.114. The summed E-state index contributed by atoms with van der Waals surface area (Å²) in [5, 5.41) is 2.89. The average Bonchev–Trinajstić information content (AvgIpc) is 2.78. The van der Waals surface area contributed by atoms with E-state index in [1.165, 1.54) is 16.1 Å². The highest BCUT2D eigenvalue weighted by Gasteiger charge is 2.17. The first kappa shape index (κ1) is 14.4. The van der Waals surface area contributed by atoms with Crippen LogP contribution in [0.4, 0.5) is 5.13 Å². The van der Waals surface area contributed by atoms with E-state index < -0.39 is 0 Å². The Kier molecular flexibility index (Phi) is 4.03. The Morgan fingerprint density at radius 2 is 2.00 bits per heavy atom. The number of rotatable bonds is 4. The molecule has 1 amide bonds. The fourth-order valence-corrected chi connectivity index (χ4v) is 2.95. The van der Waals surface area contributed by atoms with E-state index in [0.29, 0.717) is 28.6 Å². The van der Waals surface area contributed by atoms with Crippen molar-refractivity contribution in [3.8, 4) is 0 Å². The minimum atomic E-state index is -0.355. The van der Waals surface area contributed by atoms with Gasteiger partial charge in [0.15, 0.2) is 10.8 Å². The van der Waals surface area contributed by atoms with Gasteiger partial charge in [-0.1, -0.05) is 18.3 Å². The van der Waals surface area contributed by atoms with Gasteiger partial charge in [-0.25, -0.2) is 9.78 Å². The number of hydrogen-bond donors (Lipinski definition) is 1. The van der Waals surface area contributed by atoms with Gasteiger partial charge in [-0.2, -0.15) is 0 Å². The summed E-state index contributed by atoms with van der Waals surface area (Å²) in [7, 11) is 0. The van der Waals surface area contributed by atoms with Crippen molar-refractivity contribution in [3.63, 3.8) is 0 Å². The molecule has 0 saturated carbocycles. The van der Waals surface area contributed by atoms with Gasteiger partial charge in [-0.15, -0.1) is 0 Å². The molecule has 108 valence electrons. The molecule has 0 bridgehead atoms. The number of carbonyl (C=O) groups is 1. The zero-order valence-electron chi connectivity index (χ0n) is 11.6. The second-order valence-corrected chi connectivity index (χ2v) is 5.34. The molecule has 1 N–H and O–H groups in total. The summed E-state index contributed by atoms with van der Waals surface area (Å²) in [5.41, 5.74) is -0.360. The van der Waals surface area contributed by atoms with Crippen molar-refractivity contribution in [1.82, 2.24) is 14.1 Å². The van der Waals surface area contributed by atoms with Gasteiger partial charge >= 0.3 is 5.69 Å². The van der Waals surface area contributed by atoms with E-state index in [9.17, 15) is 14.4 Å². The van der Waals surface area contributed by atoms with Crippen molar-refractivity contribution in [3.05, 3.63) is 20.8 Å². The highest BCUT2D eigenvalue weighted by Crippen LogP contribution is 2.22. The molecule has 0 radical (unpaired) electrons. The molecular formula is C12H16N4O3S. The van der Waals surface area contributed by atoms with Crippen LogP contribution in [-0.4, -0.2) is 20.0 Å². The molecule has 2 rings (SSSR count). The lowest BCUT2D eigenvalue weighted by Crippen LogP contribution is -2.39. The Morgan fingerprint density at radius 1 is 1.30 bits per heavy atom. The first-order valence-corrected chi connectivity index (χ1v) is 7.23. The van der Waals surface area contributed by atoms with Gasteiger partial charge in [0, 0.05) is 20.0 Å². The molecule has 0 saturated heterocycles. The van der Waals surface area contributed by atoms with E-state index >= 15 is 0 Å². The van der Waals surface area contributed by atoms with Gasteiger partial charge < -0.3 is 5.32 Å². The third-order valence-corrected chi connectivity index (χ3v) is 3.76. The Balaban J connectivity index is 2.79. The average molecular weight is 296 g/mol. The molecule has 0 unspecified atom stereocenters. The fourth-order valence-electron chi connectivity index (χ4n) is 1.99. The first-order valence-electron chi connectivity index (χ1n) is 6.41. The maximum absolute atomic E-state index is 12.3. The zero-order valence-corrected chi connectivity index (χ0v) is 12.4. The van der Waals surface area contributed by atoms with Crippen molar-refractivity contribution >= 4 is 32.7 Å². The number of thiazole rings is 1. The normalized spacial score (nSPS) is 10.9. The van der Waals surface area contributed by atoms with Crippen molar-refractivity contribution < 1.29 is 4.79 Å². The van der Waals surface area contributed by atoms with E-state index in [1.807, 2.05) is 6.92 Å². The standard InChI is InChI=1S/C12H16N4O3S/c1-4-6-16-9-8(10(18)15(5-2)12(16)19)20-11(14-9)13-7(3)17/h4-6H2,1-3H3,(H,13,14,17). The van der Waals surface area contributed by atoms with Crippen LogP contribution in [0.1, 0.15) is 27.2 Å². The topological polar surface area (TPSA) is 86.0 Å². The monoisotopic (exact) mass is 296 g/mol. The molecule has 20 heavy (non-hydrogen) atoms. The predicted octanol–water partition coefficient (Wildman–Crippen LogP) is 1.01. The van der Waals surface area contributed by atoms with Gasteiger partial charge in [0.1, 0.15) is 4.70 Å². The highest BCUT2D eigenvalue weighted by molar-refractivity contribution is 7.22. The molecule has 7 nitrogen and oxygen atoms in total. The van der Waals surface area contributed by atoms with Crippen LogP contribution in [0.5, 0.6) is 0 Å². The third-order valence-electron chi connectivity index (χ3n) is 2.81. The van der Waals surface area contributed by atoms with Crippen molar-refractivity contribution in [2.75, 3.05) is 5.32 Å². The zero-order chi connectivity index (χ0) is 14.9. The predicted molar refractivity (Wildman–Crippen MR) is 78.4 cm³/mol. The summed E-state index contributed by atoms with van der Waals surface area (Å²) in [6.45, 7) is 5.86. The summed E-state index contributed by atoms with van der Waals surface area (Å²) >= 11 is 1.09. The molecule has 0 aliphatic rings. The van der Waals surface area contributed by atoms with Crippen molar-refractivity contribution in [1.29, 1.82) is 0 Å². The number of hydrogen-bond acceptors (Lipinski definition) is 5. The second kappa shape index (κ2) is 5.58. The summed E-state index contributed by atoms with van der Waals surface area (Å²) < 4.78 is 3.07. The largest absolute Gasteiger partial charge is 0.332 e. The molecule has 2 aromatic heterocycles. The van der Waals surface area contributed by atoms with E-state index in [1.54, 1.807) is 6.92 Å². The summed E-state index contributed by atoms with van der Waals surface area (Å²) in [5.74, 6) is -0.260. The highest BCUT2D eigenvalue weighted by atomic mass is 32.1. The Hall–Kier alpha value is -1.96. The number of nitrogens with one attached hydrogen (secondary N) is 1. The van der Waals surface area contributed by atoms with Crippen LogP contribution in [0.25, 0.3) is 10.3 Å². The number of anilines is 1. The van der Waals surface area contributed by atoms with Gasteiger partial charge in [0.05, 0.1) is 0 Å². The molecular weight excluding hydrogens is 280 g/mol. The number of fused-ring (bicyclic) bond motifs is 1. The van der Waals surface area contributed by atoms with E-state index in [0.717, 1.165) is 17.8 Å². The molecule has 0 aliphatic carbocycles. The fraction of sp³-hybridized carbons (Fsp3) is 0.500. The lowest BCUT2D eigenvalue weighted by atomic mass is 10.4. The van der Waals surface area contributed by atoms with Crippen LogP contribution < -0.4 is 16.6 Å². The van der Waals surface area contributed by atoms with Gasteiger partial charge in [-0.05, 0) is 13.3 Å². The van der Waals surface area contributed by atoms with Gasteiger partial charge in [0.25, 0.3) is 5.56 Å². The minimum Gasteiger partial charge on any atom is -0.302 e. The smallest absolute Gasteiger partial charge is 0.302 e. The summed E-state index contributed by atoms with van der Waals surface area (Å²) in [6.07, 6.45) is 0.754. The van der Waals surface area contributed by atoms with Crippen LogP contribution in [0, 0.1) is 0 Å². The quantitative estimate of drug-likeness (QED) is 0.912. The number of aromatic nitrogens is 3. The molecule has 2 heterocycles. The summed E-state index contributed by atoms with van der Waals surface area (Å²) in [4.78, 5) is 39.8. The number of nitrogens with zero attached hydrogens (tertiary/aromatic N) is 3. The number of aryl methyl sites for hydroxylation is 1. The van der Waals surface area contributed by atoms with Crippen LogP contribution in [0.2, 0.25) is 0 Å². The maximum Gasteiger partial charge on any atom is 0.332 e. The Labute approximate surface area is 118 Å². The SMILES string of the molecule is CCCn1c(=O)n(CC)c(=O)c2sc(NC(C)=O)nc21. The molecule has 0 aliphatic heterocycles. The maximum atomic E-state index is 12.3. The lowest BCUT2D eigenvalue weighted by Gasteiger charge is -2.08. The molecule has 0 spiro atoms. The molecule has 0 aromatic carbocycles. The van der Waals surface area contributed by atoms with Crippen LogP contribution >= 0.6 is 11.3 Å². The van der Waals surface area contributed by atoms with Gasteiger partial charge in [-0.3, -0.25) is 18.7 Å². The Morgan fingerprint density at radius 3 is 2.55 bits per heavy atom. The van der Waals surface area contributed by atoms with E-state index in [2.05, 4.69) is 10.3 Å². The van der Waals surface area contributed by atoms with Gasteiger partial charge in [0.2, 0.25) is 5.91 Å². The third kappa shape index (κ3) is 2.38. The van der Waals surface area contributed by atoms with Crippen LogP contribution in [0.3, 0.4) is 0 Å². The minimum absolute atomic E-state index is 0.260. The Bertz CT molecular complexity index is 771. The van der Waals surface area contributed by atoms with Crippen LogP contribution in [-0.2, 0) is 17.9 Å². The first-order chi connectivity index (χ1) is 9.49. The molecule has 0 atom stereocenters. The van der Waals surface area contributed by atoms with Crippen molar-refractivity contribution in [2.24, 2.45) is 0 Å². The second-order valence-electron chi connectivity index (χ2n) is 4.34. The van der Waals surface area contributed by atoms with Crippen molar-refractivity contribution in [2.45, 2.75) is 40.3 Å². The molecule has 8 heteroatoms. The summed E-state index contributed by atoms with van der Waals surface area (Å²) in [6, 6.07) is 0. The number of carbonyl (C=O) groups excluding carboxylic acids is 1. The van der Waals surface area contributed by atoms with E-state index in [4.69, 9.17) is 0 Å². The van der Waals surface area contributed by atoms with Crippen LogP contribution in [0.15, 0.2) is 9.59 Å². The van der Waals surface area contributed by atoms with E-state index in [-0.39, 0.29) is 17.2 Å².